The van der Waals surface area contributed by atoms with Crippen molar-refractivity contribution in [3.05, 3.63) is 18.0 Å². The van der Waals surface area contributed by atoms with E-state index < -0.39 is 0 Å². The van der Waals surface area contributed by atoms with Gasteiger partial charge in [0.05, 0.1) is 0 Å². The molecule has 0 spiro atoms. The molecule has 0 N–H and O–H groups in total. The van der Waals surface area contributed by atoms with Crippen molar-refractivity contribution in [1.82, 2.24) is 9.78 Å². The second kappa shape index (κ2) is 3.09. The molecular weight excluding hydrogens is 172 g/mol. The van der Waals surface area contributed by atoms with Crippen LogP contribution in [-0.4, -0.2) is 15.2 Å². The Morgan fingerprint density at radius 2 is 2.42 bits per heavy atom. The van der Waals surface area contributed by atoms with Crippen LogP contribution in [-0.2, 0) is 7.05 Å². The van der Waals surface area contributed by atoms with E-state index >= 15 is 0 Å². The van der Waals surface area contributed by atoms with Gasteiger partial charge in [0.2, 0.25) is 0 Å². The molecule has 2 nitrogen and oxygen atoms in total. The van der Waals surface area contributed by atoms with Gasteiger partial charge in [-0.1, -0.05) is 6.42 Å². The van der Waals surface area contributed by atoms with E-state index in [4.69, 9.17) is 11.6 Å². The molecule has 0 radical (unpaired) electrons. The number of hydrogen-bond donors (Lipinski definition) is 0. The second-order valence-corrected chi connectivity index (χ2v) is 3.99. The first-order valence-corrected chi connectivity index (χ1v) is 4.84. The fourth-order valence-electron chi connectivity index (χ4n) is 2.00. The molecule has 0 amide bonds. The maximum absolute atomic E-state index is 6.20. The van der Waals surface area contributed by atoms with Gasteiger partial charge in [-0.2, -0.15) is 5.10 Å². The summed E-state index contributed by atoms with van der Waals surface area (Å²) in [6.45, 7) is 0. The van der Waals surface area contributed by atoms with Crippen molar-refractivity contribution < 1.29 is 0 Å². The molecule has 1 aliphatic carbocycles. The molecule has 1 aliphatic rings. The Kier molecular flexibility index (Phi) is 2.09. The molecule has 2 atom stereocenters. The second-order valence-electron chi connectivity index (χ2n) is 3.43. The van der Waals surface area contributed by atoms with Crippen molar-refractivity contribution in [3.8, 4) is 0 Å². The highest BCUT2D eigenvalue weighted by Gasteiger charge is 2.28. The van der Waals surface area contributed by atoms with E-state index in [9.17, 15) is 0 Å². The smallest absolute Gasteiger partial charge is 0.0492 e. The standard InChI is InChI=1S/C9H13ClN2/c1-12-9(5-6-11-12)7-3-2-4-8(7)10/h5-8H,2-4H2,1H3. The number of hydrogen-bond acceptors (Lipinski definition) is 1. The summed E-state index contributed by atoms with van der Waals surface area (Å²) in [6, 6.07) is 2.07. The first-order valence-electron chi connectivity index (χ1n) is 4.41. The van der Waals surface area contributed by atoms with Crippen LogP contribution in [0.2, 0.25) is 0 Å². The number of rotatable bonds is 1. The van der Waals surface area contributed by atoms with E-state index in [0.717, 1.165) is 6.42 Å². The lowest BCUT2D eigenvalue weighted by atomic mass is 10.0. The van der Waals surface area contributed by atoms with Crippen molar-refractivity contribution >= 4 is 11.6 Å². The van der Waals surface area contributed by atoms with Gasteiger partial charge in [-0.3, -0.25) is 4.68 Å². The van der Waals surface area contributed by atoms with Crippen molar-refractivity contribution in [2.45, 2.75) is 30.6 Å². The Morgan fingerprint density at radius 1 is 1.58 bits per heavy atom. The van der Waals surface area contributed by atoms with Gasteiger partial charge in [-0.15, -0.1) is 11.6 Å². The number of alkyl halides is 1. The normalized spacial score (nSPS) is 29.5. The SMILES string of the molecule is Cn1nccc1C1CCCC1Cl. The lowest BCUT2D eigenvalue weighted by molar-refractivity contribution is 0.621. The Labute approximate surface area is 77.5 Å². The Hall–Kier alpha value is -0.500. The average molecular weight is 185 g/mol. The highest BCUT2D eigenvalue weighted by atomic mass is 35.5. The largest absolute Gasteiger partial charge is 0.272 e. The minimum Gasteiger partial charge on any atom is -0.272 e. The summed E-state index contributed by atoms with van der Waals surface area (Å²) in [4.78, 5) is 0. The number of aromatic nitrogens is 2. The van der Waals surface area contributed by atoms with Crippen LogP contribution >= 0.6 is 11.6 Å². The molecule has 1 saturated carbocycles. The lowest BCUT2D eigenvalue weighted by Gasteiger charge is -2.13. The minimum absolute atomic E-state index is 0.320. The molecule has 3 heteroatoms. The molecule has 66 valence electrons. The fourth-order valence-corrected chi connectivity index (χ4v) is 2.41. The Balaban J connectivity index is 2.24. The first kappa shape index (κ1) is 8.11. The van der Waals surface area contributed by atoms with E-state index in [-0.39, 0.29) is 0 Å². The third-order valence-electron chi connectivity index (χ3n) is 2.67. The molecule has 0 saturated heterocycles. The van der Waals surface area contributed by atoms with E-state index in [1.165, 1.54) is 18.5 Å². The number of aryl methyl sites for hydroxylation is 1. The zero-order chi connectivity index (χ0) is 8.55. The van der Waals surface area contributed by atoms with Crippen LogP contribution in [0, 0.1) is 0 Å². The topological polar surface area (TPSA) is 17.8 Å². The van der Waals surface area contributed by atoms with Gasteiger partial charge in [0.25, 0.3) is 0 Å². The summed E-state index contributed by atoms with van der Waals surface area (Å²) >= 11 is 6.20. The Bertz CT molecular complexity index is 269. The van der Waals surface area contributed by atoms with Gasteiger partial charge in [-0.05, 0) is 18.9 Å². The predicted molar refractivity (Wildman–Crippen MR) is 49.4 cm³/mol. The van der Waals surface area contributed by atoms with Crippen LogP contribution in [0.4, 0.5) is 0 Å². The van der Waals surface area contributed by atoms with Crippen molar-refractivity contribution in [1.29, 1.82) is 0 Å². The first-order chi connectivity index (χ1) is 5.79. The van der Waals surface area contributed by atoms with E-state index in [0.29, 0.717) is 11.3 Å². The van der Waals surface area contributed by atoms with E-state index in [1.807, 2.05) is 17.9 Å². The maximum Gasteiger partial charge on any atom is 0.0492 e. The molecule has 0 aromatic carbocycles. The predicted octanol–water partition coefficient (Wildman–Crippen LogP) is 2.29. The number of halogens is 1. The molecule has 1 aromatic heterocycles. The summed E-state index contributed by atoms with van der Waals surface area (Å²) in [6.07, 6.45) is 5.46. The van der Waals surface area contributed by atoms with Crippen molar-refractivity contribution in [3.63, 3.8) is 0 Å². The quantitative estimate of drug-likeness (QED) is 0.613. The third-order valence-corrected chi connectivity index (χ3v) is 3.19. The summed E-state index contributed by atoms with van der Waals surface area (Å²) in [5, 5.41) is 4.47. The van der Waals surface area contributed by atoms with Gasteiger partial charge in [0.15, 0.2) is 0 Å². The molecule has 12 heavy (non-hydrogen) atoms. The van der Waals surface area contributed by atoms with Crippen molar-refractivity contribution in [2.75, 3.05) is 0 Å². The van der Waals surface area contributed by atoms with Gasteiger partial charge in [-0.25, -0.2) is 0 Å². The zero-order valence-electron chi connectivity index (χ0n) is 7.20. The molecule has 2 rings (SSSR count). The highest BCUT2D eigenvalue weighted by Crippen LogP contribution is 2.37. The van der Waals surface area contributed by atoms with Gasteiger partial charge in [0, 0.05) is 30.2 Å². The maximum atomic E-state index is 6.20. The molecular formula is C9H13ClN2. The van der Waals surface area contributed by atoms with Crippen LogP contribution in [0.25, 0.3) is 0 Å². The monoisotopic (exact) mass is 184 g/mol. The van der Waals surface area contributed by atoms with Crippen LogP contribution in [0.1, 0.15) is 30.9 Å². The molecule has 0 bridgehead atoms. The third kappa shape index (κ3) is 1.24. The van der Waals surface area contributed by atoms with E-state index in [1.54, 1.807) is 0 Å². The van der Waals surface area contributed by atoms with E-state index in [2.05, 4.69) is 11.2 Å². The van der Waals surface area contributed by atoms with Crippen LogP contribution in [0.5, 0.6) is 0 Å². The van der Waals surface area contributed by atoms with Gasteiger partial charge >= 0.3 is 0 Å². The fraction of sp³-hybridized carbons (Fsp3) is 0.667. The van der Waals surface area contributed by atoms with Crippen LogP contribution in [0.3, 0.4) is 0 Å². The highest BCUT2D eigenvalue weighted by molar-refractivity contribution is 6.21. The summed E-state index contributed by atoms with van der Waals surface area (Å²) in [7, 11) is 1.98. The van der Waals surface area contributed by atoms with Crippen LogP contribution in [0.15, 0.2) is 12.3 Å². The average Bonchev–Trinajstić information content (AvgIpc) is 2.59. The summed E-state index contributed by atoms with van der Waals surface area (Å²) in [5.74, 6) is 0.527. The van der Waals surface area contributed by atoms with Crippen LogP contribution < -0.4 is 0 Å². The molecule has 0 aliphatic heterocycles. The lowest BCUT2D eigenvalue weighted by Crippen LogP contribution is -2.10. The molecule has 2 unspecified atom stereocenters. The minimum atomic E-state index is 0.320. The number of nitrogens with zero attached hydrogens (tertiary/aromatic N) is 2. The Morgan fingerprint density at radius 3 is 2.92 bits per heavy atom. The van der Waals surface area contributed by atoms with Crippen molar-refractivity contribution in [2.24, 2.45) is 7.05 Å². The summed E-state index contributed by atoms with van der Waals surface area (Å²) in [5.41, 5.74) is 1.28. The molecule has 1 fully saturated rings. The molecule has 1 heterocycles. The summed E-state index contributed by atoms with van der Waals surface area (Å²) < 4.78 is 1.94. The molecule has 1 aromatic rings. The zero-order valence-corrected chi connectivity index (χ0v) is 7.96. The van der Waals surface area contributed by atoms with Gasteiger partial charge < -0.3 is 0 Å². The van der Waals surface area contributed by atoms with Gasteiger partial charge in [0.1, 0.15) is 0 Å².